The second kappa shape index (κ2) is 7.29. The summed E-state index contributed by atoms with van der Waals surface area (Å²) in [6, 6.07) is 30.6. The molecule has 1 fully saturated rings. The highest BCUT2D eigenvalue weighted by Crippen LogP contribution is 2.41. The molecule has 1 aliphatic heterocycles. The molecule has 2 nitrogen and oxygen atoms in total. The van der Waals surface area contributed by atoms with Crippen molar-refractivity contribution in [3.63, 3.8) is 0 Å². The van der Waals surface area contributed by atoms with Crippen LogP contribution in [0.1, 0.15) is 23.1 Å². The van der Waals surface area contributed by atoms with E-state index in [9.17, 15) is 0 Å². The van der Waals surface area contributed by atoms with Crippen LogP contribution in [0.2, 0.25) is 0 Å². The molecule has 1 aliphatic rings. The van der Waals surface area contributed by atoms with Crippen LogP contribution in [-0.2, 0) is 18.4 Å². The maximum absolute atomic E-state index is 3.52. The number of benzene rings is 3. The number of hydrogen-bond acceptors (Lipinski definition) is 1. The Morgan fingerprint density at radius 2 is 1.46 bits per heavy atom. The smallest absolute Gasteiger partial charge is 0.0457 e. The molecule has 0 bridgehead atoms. The van der Waals surface area contributed by atoms with Crippen LogP contribution in [0.4, 0.5) is 0 Å². The van der Waals surface area contributed by atoms with Crippen molar-refractivity contribution in [3.8, 4) is 0 Å². The van der Waals surface area contributed by atoms with Gasteiger partial charge in [-0.1, -0.05) is 78.9 Å². The molecule has 2 heterocycles. The summed E-state index contributed by atoms with van der Waals surface area (Å²) >= 11 is 0. The van der Waals surface area contributed by atoms with Gasteiger partial charge in [-0.3, -0.25) is 4.90 Å². The van der Waals surface area contributed by atoms with Crippen LogP contribution >= 0.6 is 0 Å². The van der Waals surface area contributed by atoms with Crippen molar-refractivity contribution >= 4 is 10.9 Å². The van der Waals surface area contributed by atoms with E-state index in [1.54, 1.807) is 0 Å². The molecule has 1 saturated heterocycles. The van der Waals surface area contributed by atoms with Gasteiger partial charge in [-0.25, -0.2) is 0 Å². The second-order valence-corrected chi connectivity index (χ2v) is 8.14. The lowest BCUT2D eigenvalue weighted by Gasteiger charge is -2.30. The molecular weight excluding hydrogens is 340 g/mol. The van der Waals surface area contributed by atoms with Crippen LogP contribution in [0.15, 0.2) is 91.1 Å². The predicted octanol–water partition coefficient (Wildman–Crippen LogP) is 5.55. The molecule has 2 heteroatoms. The first kappa shape index (κ1) is 17.3. The summed E-state index contributed by atoms with van der Waals surface area (Å²) in [5.41, 5.74) is 5.69. The third-order valence-electron chi connectivity index (χ3n) is 6.23. The minimum atomic E-state index is 0.149. The topological polar surface area (TPSA) is 19.0 Å². The van der Waals surface area contributed by atoms with Crippen LogP contribution < -0.4 is 0 Å². The average molecular weight is 367 g/mol. The Hall–Kier alpha value is -2.84. The van der Waals surface area contributed by atoms with E-state index in [0.717, 1.165) is 26.1 Å². The van der Waals surface area contributed by atoms with Crippen LogP contribution in [0, 0.1) is 0 Å². The molecule has 0 aliphatic carbocycles. The van der Waals surface area contributed by atoms with Gasteiger partial charge in [-0.15, -0.1) is 0 Å². The van der Waals surface area contributed by atoms with Gasteiger partial charge in [0.15, 0.2) is 0 Å². The zero-order valence-electron chi connectivity index (χ0n) is 16.1. The molecule has 0 radical (unpaired) electrons. The van der Waals surface area contributed by atoms with E-state index < -0.39 is 0 Å². The predicted molar refractivity (Wildman–Crippen MR) is 116 cm³/mol. The molecule has 0 amide bonds. The number of para-hydroxylation sites is 1. The van der Waals surface area contributed by atoms with Gasteiger partial charge in [-0.2, -0.15) is 0 Å². The van der Waals surface area contributed by atoms with Crippen molar-refractivity contribution < 1.29 is 0 Å². The Labute approximate surface area is 166 Å². The summed E-state index contributed by atoms with van der Waals surface area (Å²) in [5, 5.41) is 1.37. The van der Waals surface area contributed by atoms with Gasteiger partial charge in [0.05, 0.1) is 0 Å². The quantitative estimate of drug-likeness (QED) is 0.490. The van der Waals surface area contributed by atoms with Crippen LogP contribution in [0.25, 0.3) is 10.9 Å². The first-order valence-corrected chi connectivity index (χ1v) is 10.2. The van der Waals surface area contributed by atoms with Crippen LogP contribution in [0.3, 0.4) is 0 Å². The zero-order valence-corrected chi connectivity index (χ0v) is 16.1. The fourth-order valence-corrected chi connectivity index (χ4v) is 4.89. The van der Waals surface area contributed by atoms with Gasteiger partial charge in [0.25, 0.3) is 0 Å². The van der Waals surface area contributed by atoms with Crippen LogP contribution in [0.5, 0.6) is 0 Å². The number of rotatable bonds is 5. The molecular formula is C26H26N2. The Morgan fingerprint density at radius 1 is 0.786 bits per heavy atom. The minimum absolute atomic E-state index is 0.149. The maximum Gasteiger partial charge on any atom is 0.0457 e. The molecule has 1 atom stereocenters. The Kier molecular flexibility index (Phi) is 4.50. The number of likely N-dealkylation sites (tertiary alicyclic amines) is 1. The Balaban J connectivity index is 1.51. The number of H-pyrrole nitrogens is 1. The van der Waals surface area contributed by atoms with Crippen molar-refractivity contribution in [2.45, 2.75) is 24.8 Å². The van der Waals surface area contributed by atoms with Gasteiger partial charge in [0, 0.05) is 35.6 Å². The minimum Gasteiger partial charge on any atom is -0.361 e. The summed E-state index contributed by atoms with van der Waals surface area (Å²) in [6.07, 6.45) is 4.54. The second-order valence-electron chi connectivity index (χ2n) is 8.14. The lowest BCUT2D eigenvalue weighted by Crippen LogP contribution is -2.33. The number of aromatic nitrogens is 1. The summed E-state index contributed by atoms with van der Waals surface area (Å²) in [6.45, 7) is 3.26. The van der Waals surface area contributed by atoms with Gasteiger partial charge in [0.2, 0.25) is 0 Å². The van der Waals surface area contributed by atoms with Crippen molar-refractivity contribution in [2.24, 2.45) is 0 Å². The van der Waals surface area contributed by atoms with E-state index >= 15 is 0 Å². The fraction of sp³-hybridized carbons (Fsp3) is 0.231. The number of nitrogens with zero attached hydrogens (tertiary/aromatic N) is 1. The van der Waals surface area contributed by atoms with Gasteiger partial charge < -0.3 is 4.98 Å². The van der Waals surface area contributed by atoms with Gasteiger partial charge in [0.1, 0.15) is 0 Å². The number of nitrogens with one attached hydrogen (secondary N) is 1. The number of hydrogen-bond donors (Lipinski definition) is 1. The number of fused-ring (bicyclic) bond motifs is 1. The van der Waals surface area contributed by atoms with Gasteiger partial charge >= 0.3 is 0 Å². The number of aromatic amines is 1. The molecule has 4 aromatic rings. The maximum atomic E-state index is 3.52. The zero-order chi connectivity index (χ0) is 18.8. The van der Waals surface area contributed by atoms with Crippen molar-refractivity contribution in [1.29, 1.82) is 0 Å². The average Bonchev–Trinajstić information content (AvgIpc) is 3.35. The highest BCUT2D eigenvalue weighted by Gasteiger charge is 2.41. The lowest BCUT2D eigenvalue weighted by molar-refractivity contribution is 0.302. The molecule has 28 heavy (non-hydrogen) atoms. The first-order valence-electron chi connectivity index (χ1n) is 10.2. The standard InChI is InChI=1S/C26H26N2/c1-3-9-21(10-4-1)17-26(24-18-27-25-14-8-7-13-23(24)25)15-16-28(20-26)19-22-11-5-2-6-12-22/h1-14,18,27H,15-17,19-20H2. The summed E-state index contributed by atoms with van der Waals surface area (Å²) < 4.78 is 0. The van der Waals surface area contributed by atoms with Crippen molar-refractivity contribution in [2.75, 3.05) is 13.1 Å². The molecule has 1 unspecified atom stereocenters. The molecule has 0 spiro atoms. The molecule has 1 N–H and O–H groups in total. The highest BCUT2D eigenvalue weighted by molar-refractivity contribution is 5.84. The summed E-state index contributed by atoms with van der Waals surface area (Å²) in [7, 11) is 0. The third-order valence-corrected chi connectivity index (χ3v) is 6.23. The lowest BCUT2D eigenvalue weighted by atomic mass is 9.74. The monoisotopic (exact) mass is 366 g/mol. The Morgan fingerprint density at radius 3 is 2.25 bits per heavy atom. The first-order chi connectivity index (χ1) is 13.8. The van der Waals surface area contributed by atoms with E-state index in [1.165, 1.54) is 34.0 Å². The van der Waals surface area contributed by atoms with E-state index in [2.05, 4.69) is 101 Å². The molecule has 5 rings (SSSR count). The summed E-state index contributed by atoms with van der Waals surface area (Å²) in [5.74, 6) is 0. The summed E-state index contributed by atoms with van der Waals surface area (Å²) in [4.78, 5) is 6.15. The van der Waals surface area contributed by atoms with Gasteiger partial charge in [-0.05, 0) is 42.1 Å². The van der Waals surface area contributed by atoms with E-state index in [-0.39, 0.29) is 5.41 Å². The van der Waals surface area contributed by atoms with E-state index in [0.29, 0.717) is 0 Å². The Bertz CT molecular complexity index is 1050. The van der Waals surface area contributed by atoms with E-state index in [1.807, 2.05) is 0 Å². The molecule has 3 aromatic carbocycles. The normalized spacial score (nSPS) is 20.0. The SMILES string of the molecule is c1ccc(CN2CCC(Cc3ccccc3)(c3c[nH]c4ccccc34)C2)cc1. The van der Waals surface area contributed by atoms with Crippen LogP contribution in [-0.4, -0.2) is 23.0 Å². The molecule has 1 aromatic heterocycles. The fourth-order valence-electron chi connectivity index (χ4n) is 4.89. The molecule has 0 saturated carbocycles. The van der Waals surface area contributed by atoms with E-state index in [4.69, 9.17) is 0 Å². The molecule has 140 valence electrons. The largest absolute Gasteiger partial charge is 0.361 e. The van der Waals surface area contributed by atoms with Crippen molar-refractivity contribution in [1.82, 2.24) is 9.88 Å². The van der Waals surface area contributed by atoms with Crippen molar-refractivity contribution in [3.05, 3.63) is 108 Å². The third kappa shape index (κ3) is 3.25. The highest BCUT2D eigenvalue weighted by atomic mass is 15.2.